The Morgan fingerprint density at radius 1 is 1.00 bits per heavy atom. The van der Waals surface area contributed by atoms with Gasteiger partial charge in [0.2, 0.25) is 0 Å². The molecule has 0 fully saturated rings. The minimum absolute atomic E-state index is 0.276. The zero-order valence-electron chi connectivity index (χ0n) is 15.9. The minimum atomic E-state index is -1.06. The van der Waals surface area contributed by atoms with Gasteiger partial charge in [0, 0.05) is 10.0 Å². The largest absolute Gasteiger partial charge is 0.456 e. The summed E-state index contributed by atoms with van der Waals surface area (Å²) < 4.78 is 6.04. The van der Waals surface area contributed by atoms with Gasteiger partial charge in [0.1, 0.15) is 6.04 Å². The fourth-order valence-corrected chi connectivity index (χ4v) is 3.46. The first-order valence-electron chi connectivity index (χ1n) is 9.36. The van der Waals surface area contributed by atoms with Crippen molar-refractivity contribution in [3.8, 4) is 0 Å². The third-order valence-electron chi connectivity index (χ3n) is 4.75. The Kier molecular flexibility index (Phi) is 6.59. The van der Waals surface area contributed by atoms with E-state index in [1.807, 2.05) is 6.92 Å². The molecule has 0 bridgehead atoms. The summed E-state index contributed by atoms with van der Waals surface area (Å²) in [6.07, 6.45) is 1.70. The predicted molar refractivity (Wildman–Crippen MR) is 110 cm³/mol. The number of fused-ring (bicyclic) bond motifs is 1. The summed E-state index contributed by atoms with van der Waals surface area (Å²) >= 11 is 3.30. The van der Waals surface area contributed by atoms with E-state index < -0.39 is 30.4 Å². The van der Waals surface area contributed by atoms with Gasteiger partial charge in [-0.1, -0.05) is 60.0 Å². The first-order chi connectivity index (χ1) is 13.9. The number of nitrogens with zero attached hydrogens (tertiary/aromatic N) is 1. The Hall–Kier alpha value is -2.80. The van der Waals surface area contributed by atoms with Crippen LogP contribution in [0.1, 0.15) is 57.3 Å². The number of rotatable bonds is 8. The fourth-order valence-electron chi connectivity index (χ4n) is 3.19. The van der Waals surface area contributed by atoms with Gasteiger partial charge < -0.3 is 4.74 Å². The molecule has 150 valence electrons. The second-order valence-corrected chi connectivity index (χ2v) is 7.64. The number of unbranched alkanes of at least 4 members (excludes halogenated alkanes) is 1. The highest BCUT2D eigenvalue weighted by Gasteiger charge is 2.43. The summed E-state index contributed by atoms with van der Waals surface area (Å²) in [4.78, 5) is 51.5. The van der Waals surface area contributed by atoms with E-state index in [2.05, 4.69) is 15.9 Å². The molecule has 7 heteroatoms. The number of hydrogen-bond donors (Lipinski definition) is 0. The summed E-state index contributed by atoms with van der Waals surface area (Å²) in [7, 11) is 0. The second kappa shape index (κ2) is 9.13. The highest BCUT2D eigenvalue weighted by Crippen LogP contribution is 2.27. The molecule has 1 aliphatic heterocycles. The summed E-state index contributed by atoms with van der Waals surface area (Å²) in [5.41, 5.74) is 0.960. The number of carbonyl (C=O) groups excluding carboxylic acids is 4. The summed E-state index contributed by atoms with van der Waals surface area (Å²) in [5, 5.41) is 0. The van der Waals surface area contributed by atoms with Crippen LogP contribution >= 0.6 is 15.9 Å². The van der Waals surface area contributed by atoms with E-state index in [0.717, 1.165) is 15.8 Å². The number of benzene rings is 2. The number of Topliss-reactive ketones (excluding diaryl/α,β-unsaturated/α-hetero) is 1. The third kappa shape index (κ3) is 4.45. The van der Waals surface area contributed by atoms with Gasteiger partial charge in [-0.2, -0.15) is 0 Å². The van der Waals surface area contributed by atoms with Crippen LogP contribution in [0.3, 0.4) is 0 Å². The number of hydrogen-bond acceptors (Lipinski definition) is 5. The van der Waals surface area contributed by atoms with Gasteiger partial charge in [-0.15, -0.1) is 0 Å². The predicted octanol–water partition coefficient (Wildman–Crippen LogP) is 4.03. The zero-order valence-corrected chi connectivity index (χ0v) is 17.5. The average molecular weight is 458 g/mol. The van der Waals surface area contributed by atoms with Crippen molar-refractivity contribution in [3.05, 3.63) is 69.7 Å². The highest BCUT2D eigenvalue weighted by molar-refractivity contribution is 9.10. The summed E-state index contributed by atoms with van der Waals surface area (Å²) in [5.74, 6) is -2.13. The number of ether oxygens (including phenoxy) is 1. The Balaban J connectivity index is 1.74. The topological polar surface area (TPSA) is 80.8 Å². The second-order valence-electron chi connectivity index (χ2n) is 6.72. The number of imide groups is 1. The van der Waals surface area contributed by atoms with Crippen molar-refractivity contribution in [1.82, 2.24) is 4.90 Å². The molecule has 2 aromatic carbocycles. The van der Waals surface area contributed by atoms with Crippen LogP contribution in [-0.2, 0) is 9.53 Å². The normalized spacial score (nSPS) is 13.9. The Morgan fingerprint density at radius 3 is 2.14 bits per heavy atom. The molecule has 2 aromatic rings. The lowest BCUT2D eigenvalue weighted by Gasteiger charge is -2.24. The van der Waals surface area contributed by atoms with Crippen LogP contribution in [0.5, 0.6) is 0 Å². The smallest absolute Gasteiger partial charge is 0.329 e. The van der Waals surface area contributed by atoms with Crippen molar-refractivity contribution < 1.29 is 23.9 Å². The van der Waals surface area contributed by atoms with Gasteiger partial charge in [0.15, 0.2) is 12.4 Å². The van der Waals surface area contributed by atoms with Gasteiger partial charge in [-0.3, -0.25) is 19.3 Å². The lowest BCUT2D eigenvalue weighted by atomic mass is 10.1. The molecule has 1 heterocycles. The fraction of sp³-hybridized carbons (Fsp3) is 0.273. The van der Waals surface area contributed by atoms with Gasteiger partial charge in [0.05, 0.1) is 11.1 Å². The van der Waals surface area contributed by atoms with Gasteiger partial charge >= 0.3 is 5.97 Å². The molecule has 0 radical (unpaired) electrons. The molecule has 2 amide bonds. The van der Waals surface area contributed by atoms with E-state index in [9.17, 15) is 19.2 Å². The van der Waals surface area contributed by atoms with Crippen LogP contribution in [0.4, 0.5) is 0 Å². The van der Waals surface area contributed by atoms with Crippen LogP contribution in [0.15, 0.2) is 53.0 Å². The van der Waals surface area contributed by atoms with Gasteiger partial charge in [-0.25, -0.2) is 4.79 Å². The van der Waals surface area contributed by atoms with E-state index >= 15 is 0 Å². The number of amides is 2. The molecule has 0 unspecified atom stereocenters. The maximum Gasteiger partial charge on any atom is 0.329 e. The minimum Gasteiger partial charge on any atom is -0.456 e. The SMILES string of the molecule is CCCC[C@@H](C(=O)OCC(=O)c1ccc(Br)cc1)N1C(=O)c2ccccc2C1=O. The highest BCUT2D eigenvalue weighted by atomic mass is 79.9. The Labute approximate surface area is 177 Å². The van der Waals surface area contributed by atoms with Crippen LogP contribution in [0, 0.1) is 0 Å². The molecule has 0 aromatic heterocycles. The molecule has 0 spiro atoms. The van der Waals surface area contributed by atoms with Crippen molar-refractivity contribution in [2.45, 2.75) is 32.2 Å². The molecule has 6 nitrogen and oxygen atoms in total. The summed E-state index contributed by atoms with van der Waals surface area (Å²) in [6, 6.07) is 12.1. The number of halogens is 1. The summed E-state index contributed by atoms with van der Waals surface area (Å²) in [6.45, 7) is 1.49. The monoisotopic (exact) mass is 457 g/mol. The standard InChI is InChI=1S/C22H20BrNO5/c1-2-3-8-18(24-20(26)16-6-4-5-7-17(16)21(24)27)22(28)29-13-19(25)14-9-11-15(23)12-10-14/h4-7,9-12,18H,2-3,8,13H2,1H3/t18-/m0/s1. The van der Waals surface area contributed by atoms with Crippen LogP contribution in [0.2, 0.25) is 0 Å². The van der Waals surface area contributed by atoms with Crippen molar-refractivity contribution in [3.63, 3.8) is 0 Å². The quantitative estimate of drug-likeness (QED) is 0.339. The molecule has 1 atom stereocenters. The molecular weight excluding hydrogens is 438 g/mol. The van der Waals surface area contributed by atoms with Gasteiger partial charge in [-0.05, 0) is 30.7 Å². The molecule has 1 aliphatic rings. The van der Waals surface area contributed by atoms with Crippen LogP contribution in [-0.4, -0.2) is 41.1 Å². The number of ketones is 1. The Bertz CT molecular complexity index is 919. The van der Waals surface area contributed by atoms with E-state index in [-0.39, 0.29) is 23.3 Å². The lowest BCUT2D eigenvalue weighted by Crippen LogP contribution is -2.46. The first kappa shape index (κ1) is 20.9. The van der Waals surface area contributed by atoms with Crippen molar-refractivity contribution >= 4 is 39.5 Å². The molecular formula is C22H20BrNO5. The number of esters is 1. The van der Waals surface area contributed by atoms with E-state index in [4.69, 9.17) is 4.74 Å². The molecule has 0 saturated heterocycles. The maximum absolute atomic E-state index is 12.7. The molecule has 0 aliphatic carbocycles. The van der Waals surface area contributed by atoms with Crippen LogP contribution < -0.4 is 0 Å². The lowest BCUT2D eigenvalue weighted by molar-refractivity contribution is -0.147. The van der Waals surface area contributed by atoms with E-state index in [0.29, 0.717) is 12.0 Å². The van der Waals surface area contributed by atoms with Crippen LogP contribution in [0.25, 0.3) is 0 Å². The van der Waals surface area contributed by atoms with Crippen molar-refractivity contribution in [2.24, 2.45) is 0 Å². The Morgan fingerprint density at radius 2 is 1.59 bits per heavy atom. The van der Waals surface area contributed by atoms with E-state index in [1.54, 1.807) is 48.5 Å². The van der Waals surface area contributed by atoms with Crippen molar-refractivity contribution in [2.75, 3.05) is 6.61 Å². The molecule has 0 N–H and O–H groups in total. The molecule has 29 heavy (non-hydrogen) atoms. The molecule has 3 rings (SSSR count). The molecule has 0 saturated carbocycles. The number of carbonyl (C=O) groups is 4. The average Bonchev–Trinajstić information content (AvgIpc) is 2.98. The van der Waals surface area contributed by atoms with E-state index in [1.165, 1.54) is 0 Å². The van der Waals surface area contributed by atoms with Crippen molar-refractivity contribution in [1.29, 1.82) is 0 Å². The third-order valence-corrected chi connectivity index (χ3v) is 5.28. The maximum atomic E-state index is 12.7. The first-order valence-corrected chi connectivity index (χ1v) is 10.2. The zero-order chi connectivity index (χ0) is 21.0. The van der Waals surface area contributed by atoms with Gasteiger partial charge in [0.25, 0.3) is 11.8 Å².